The second-order valence-electron chi connectivity index (χ2n) is 7.27. The van der Waals surface area contributed by atoms with Gasteiger partial charge in [0.2, 0.25) is 0 Å². The van der Waals surface area contributed by atoms with E-state index in [2.05, 4.69) is 17.1 Å². The lowest BCUT2D eigenvalue weighted by atomic mass is 9.98. The zero-order valence-corrected chi connectivity index (χ0v) is 18.5. The first-order chi connectivity index (χ1) is 14.5. The molecule has 1 fully saturated rings. The molecule has 0 saturated carbocycles. The summed E-state index contributed by atoms with van der Waals surface area (Å²) in [6.45, 7) is 3.68. The monoisotopic (exact) mass is 442 g/mol. The van der Waals surface area contributed by atoms with E-state index in [-0.39, 0.29) is 5.91 Å². The molecule has 0 bridgehead atoms. The second-order valence-corrected chi connectivity index (χ2v) is 8.79. The van der Waals surface area contributed by atoms with Gasteiger partial charge in [-0.15, -0.1) is 11.3 Å². The Morgan fingerprint density at radius 1 is 1.17 bits per heavy atom. The Balaban J connectivity index is 1.39. The maximum atomic E-state index is 13.1. The molecule has 2 aromatic carbocycles. The standard InChI is InChI=1S/C23H23ClN2O3S/c1-15-22(30-21(25-15)14-29-20-9-5-18(24)6-10-20)23(27)26-12-11-17(13-26)16-3-7-19(28-2)8-4-16/h3-10,17H,11-14H2,1-2H3. The summed E-state index contributed by atoms with van der Waals surface area (Å²) in [6.07, 6.45) is 0.961. The third-order valence-corrected chi connectivity index (χ3v) is 6.64. The first-order valence-corrected chi connectivity index (χ1v) is 11.0. The van der Waals surface area contributed by atoms with Crippen LogP contribution in [0.25, 0.3) is 0 Å². The Morgan fingerprint density at radius 3 is 2.57 bits per heavy atom. The lowest BCUT2D eigenvalue weighted by Gasteiger charge is -2.16. The Hall–Kier alpha value is -2.57. The number of rotatable bonds is 6. The molecule has 1 aromatic heterocycles. The molecule has 3 aromatic rings. The highest BCUT2D eigenvalue weighted by Gasteiger charge is 2.30. The van der Waals surface area contributed by atoms with Crippen LogP contribution >= 0.6 is 22.9 Å². The molecule has 1 amide bonds. The smallest absolute Gasteiger partial charge is 0.265 e. The first kappa shape index (κ1) is 20.7. The van der Waals surface area contributed by atoms with Crippen molar-refractivity contribution in [3.63, 3.8) is 0 Å². The molecule has 7 heteroatoms. The van der Waals surface area contributed by atoms with Crippen molar-refractivity contribution in [2.75, 3.05) is 20.2 Å². The molecule has 30 heavy (non-hydrogen) atoms. The molecule has 1 aliphatic heterocycles. The van der Waals surface area contributed by atoms with E-state index in [9.17, 15) is 4.79 Å². The van der Waals surface area contributed by atoms with E-state index in [0.29, 0.717) is 22.4 Å². The van der Waals surface area contributed by atoms with Gasteiger partial charge in [0, 0.05) is 24.0 Å². The van der Waals surface area contributed by atoms with Crippen LogP contribution in [0.2, 0.25) is 5.02 Å². The summed E-state index contributed by atoms with van der Waals surface area (Å²) in [7, 11) is 1.66. The number of thiazole rings is 1. The lowest BCUT2D eigenvalue weighted by molar-refractivity contribution is 0.0794. The highest BCUT2D eigenvalue weighted by molar-refractivity contribution is 7.13. The van der Waals surface area contributed by atoms with E-state index in [0.717, 1.165) is 41.7 Å². The van der Waals surface area contributed by atoms with Crippen LogP contribution in [-0.2, 0) is 6.61 Å². The lowest BCUT2D eigenvalue weighted by Crippen LogP contribution is -2.28. The van der Waals surface area contributed by atoms with Gasteiger partial charge >= 0.3 is 0 Å². The van der Waals surface area contributed by atoms with Gasteiger partial charge < -0.3 is 14.4 Å². The number of methoxy groups -OCH3 is 1. The molecule has 0 aliphatic carbocycles. The largest absolute Gasteiger partial charge is 0.497 e. The first-order valence-electron chi connectivity index (χ1n) is 9.81. The van der Waals surface area contributed by atoms with Gasteiger partial charge in [0.25, 0.3) is 5.91 Å². The Bertz CT molecular complexity index is 1020. The molecule has 5 nitrogen and oxygen atoms in total. The summed E-state index contributed by atoms with van der Waals surface area (Å²) in [5, 5.41) is 1.45. The number of benzene rings is 2. The summed E-state index contributed by atoms with van der Waals surface area (Å²) in [5.74, 6) is 1.97. The number of aryl methyl sites for hydroxylation is 1. The number of halogens is 1. The van der Waals surface area contributed by atoms with Crippen molar-refractivity contribution in [2.24, 2.45) is 0 Å². The maximum absolute atomic E-state index is 13.1. The summed E-state index contributed by atoms with van der Waals surface area (Å²) >= 11 is 7.31. The fourth-order valence-electron chi connectivity index (χ4n) is 3.62. The summed E-state index contributed by atoms with van der Waals surface area (Å²) < 4.78 is 11.0. The van der Waals surface area contributed by atoms with Crippen molar-refractivity contribution in [3.8, 4) is 11.5 Å². The van der Waals surface area contributed by atoms with Gasteiger partial charge in [0.1, 0.15) is 28.0 Å². The molecular formula is C23H23ClN2O3S. The van der Waals surface area contributed by atoms with E-state index < -0.39 is 0 Å². The zero-order valence-electron chi connectivity index (χ0n) is 16.9. The fraction of sp³-hybridized carbons (Fsp3) is 0.304. The number of likely N-dealkylation sites (tertiary alicyclic amines) is 1. The average molecular weight is 443 g/mol. The molecule has 1 saturated heterocycles. The van der Waals surface area contributed by atoms with Gasteiger partial charge in [-0.2, -0.15) is 0 Å². The van der Waals surface area contributed by atoms with E-state index in [1.807, 2.05) is 36.1 Å². The van der Waals surface area contributed by atoms with Crippen LogP contribution in [0.4, 0.5) is 0 Å². The van der Waals surface area contributed by atoms with Crippen LogP contribution in [0.3, 0.4) is 0 Å². The van der Waals surface area contributed by atoms with Crippen LogP contribution in [0, 0.1) is 6.92 Å². The van der Waals surface area contributed by atoms with Crippen molar-refractivity contribution < 1.29 is 14.3 Å². The molecule has 1 aliphatic rings. The van der Waals surface area contributed by atoms with Gasteiger partial charge in [0.05, 0.1) is 12.8 Å². The minimum absolute atomic E-state index is 0.0544. The Morgan fingerprint density at radius 2 is 1.87 bits per heavy atom. The topological polar surface area (TPSA) is 51.7 Å². The molecule has 0 N–H and O–H groups in total. The maximum Gasteiger partial charge on any atom is 0.265 e. The van der Waals surface area contributed by atoms with E-state index >= 15 is 0 Å². The minimum atomic E-state index is 0.0544. The average Bonchev–Trinajstić information content (AvgIpc) is 3.40. The Labute approximate surface area is 185 Å². The van der Waals surface area contributed by atoms with Crippen molar-refractivity contribution in [1.29, 1.82) is 0 Å². The fourth-order valence-corrected chi connectivity index (χ4v) is 4.70. The number of aromatic nitrogens is 1. The number of ether oxygens (including phenoxy) is 2. The number of nitrogens with zero attached hydrogens (tertiary/aromatic N) is 2. The van der Waals surface area contributed by atoms with Gasteiger partial charge in [0.15, 0.2) is 0 Å². The molecule has 0 spiro atoms. The molecule has 0 radical (unpaired) electrons. The molecule has 2 heterocycles. The van der Waals surface area contributed by atoms with Gasteiger partial charge in [-0.25, -0.2) is 4.98 Å². The molecule has 4 rings (SSSR count). The Kier molecular flexibility index (Phi) is 6.25. The highest BCUT2D eigenvalue weighted by atomic mass is 35.5. The molecule has 1 atom stereocenters. The van der Waals surface area contributed by atoms with Gasteiger partial charge in [-0.3, -0.25) is 4.79 Å². The van der Waals surface area contributed by atoms with Crippen LogP contribution < -0.4 is 9.47 Å². The van der Waals surface area contributed by atoms with Crippen molar-refractivity contribution in [1.82, 2.24) is 9.88 Å². The number of carbonyl (C=O) groups is 1. The van der Waals surface area contributed by atoms with E-state index in [1.165, 1.54) is 16.9 Å². The highest BCUT2D eigenvalue weighted by Crippen LogP contribution is 2.31. The summed E-state index contributed by atoms with van der Waals surface area (Å²) in [4.78, 5) is 20.3. The number of amides is 1. The minimum Gasteiger partial charge on any atom is -0.497 e. The van der Waals surface area contributed by atoms with Crippen molar-refractivity contribution >= 4 is 28.8 Å². The number of hydrogen-bond acceptors (Lipinski definition) is 5. The third kappa shape index (κ3) is 4.60. The zero-order chi connectivity index (χ0) is 21.1. The molecule has 1 unspecified atom stereocenters. The van der Waals surface area contributed by atoms with Crippen LogP contribution in [0.1, 0.15) is 38.3 Å². The summed E-state index contributed by atoms with van der Waals surface area (Å²) in [5.41, 5.74) is 2.00. The van der Waals surface area contributed by atoms with Gasteiger partial charge in [-0.1, -0.05) is 23.7 Å². The van der Waals surface area contributed by atoms with Crippen LogP contribution in [-0.4, -0.2) is 36.0 Å². The molecule has 156 valence electrons. The molecular weight excluding hydrogens is 420 g/mol. The van der Waals surface area contributed by atoms with Gasteiger partial charge in [-0.05, 0) is 55.3 Å². The van der Waals surface area contributed by atoms with Crippen molar-refractivity contribution in [2.45, 2.75) is 25.9 Å². The number of carbonyl (C=O) groups excluding carboxylic acids is 1. The predicted molar refractivity (Wildman–Crippen MR) is 119 cm³/mol. The predicted octanol–water partition coefficient (Wildman–Crippen LogP) is 5.32. The van der Waals surface area contributed by atoms with Crippen LogP contribution in [0.15, 0.2) is 48.5 Å². The quantitative estimate of drug-likeness (QED) is 0.518. The van der Waals surface area contributed by atoms with E-state index in [1.54, 1.807) is 19.2 Å². The third-order valence-electron chi connectivity index (χ3n) is 5.27. The van der Waals surface area contributed by atoms with E-state index in [4.69, 9.17) is 21.1 Å². The number of hydrogen-bond donors (Lipinski definition) is 0. The van der Waals surface area contributed by atoms with Crippen LogP contribution in [0.5, 0.6) is 11.5 Å². The SMILES string of the molecule is COc1ccc(C2CCN(C(=O)c3sc(COc4ccc(Cl)cc4)nc3C)C2)cc1. The summed E-state index contributed by atoms with van der Waals surface area (Å²) in [6, 6.07) is 15.3. The normalized spacial score (nSPS) is 16.0. The second kappa shape index (κ2) is 9.06. The van der Waals surface area contributed by atoms with Crippen molar-refractivity contribution in [3.05, 3.63) is 74.7 Å².